The first kappa shape index (κ1) is 20.3. The first-order chi connectivity index (χ1) is 13.7. The molecule has 2 aromatic carbocycles. The molecule has 0 saturated carbocycles. The molecule has 0 saturated heterocycles. The second-order valence-corrected chi connectivity index (χ2v) is 8.20. The van der Waals surface area contributed by atoms with Crippen LogP contribution in [0.3, 0.4) is 0 Å². The van der Waals surface area contributed by atoms with Crippen molar-refractivity contribution in [1.29, 1.82) is 0 Å². The number of carbonyl (C=O) groups excluding carboxylic acids is 1. The van der Waals surface area contributed by atoms with Crippen LogP contribution in [0.2, 0.25) is 0 Å². The summed E-state index contributed by atoms with van der Waals surface area (Å²) in [4.78, 5) is 15.3. The predicted molar refractivity (Wildman–Crippen MR) is 109 cm³/mol. The number of fused-ring (bicyclic) bond motifs is 1. The first-order valence-corrected chi connectivity index (χ1v) is 10.5. The lowest BCUT2D eigenvalue weighted by atomic mass is 10.2. The second kappa shape index (κ2) is 7.92. The Morgan fingerprint density at radius 1 is 1.17 bits per heavy atom. The number of aromatic nitrogens is 1. The number of azo groups is 1. The summed E-state index contributed by atoms with van der Waals surface area (Å²) >= 11 is 0. The summed E-state index contributed by atoms with van der Waals surface area (Å²) in [5.74, 6) is -0.461. The van der Waals surface area contributed by atoms with E-state index in [1.165, 1.54) is 26.2 Å². The third kappa shape index (κ3) is 4.21. The van der Waals surface area contributed by atoms with E-state index in [4.69, 9.17) is 4.74 Å². The molecule has 0 radical (unpaired) electrons. The Kier molecular flexibility index (Phi) is 5.55. The standard InChI is InChI=1S/C19H20N4O5S/c1-12(23(29(3,26)27)13-8-10-14(28-2)11-9-13)18(24)22-21-17-15-6-4-5-7-16(15)20-19(17)25/h4-12,20,25H,1-3H3/t12-/m1/s1. The highest BCUT2D eigenvalue weighted by Crippen LogP contribution is 2.35. The van der Waals surface area contributed by atoms with Gasteiger partial charge in [0.15, 0.2) is 5.69 Å². The molecule has 0 aliphatic carbocycles. The third-order valence-corrected chi connectivity index (χ3v) is 5.54. The summed E-state index contributed by atoms with van der Waals surface area (Å²) in [6.07, 6.45) is 1.00. The molecule has 9 nitrogen and oxygen atoms in total. The molecular formula is C19H20N4O5S. The minimum absolute atomic E-state index is 0.108. The van der Waals surface area contributed by atoms with E-state index in [-0.39, 0.29) is 11.6 Å². The van der Waals surface area contributed by atoms with Crippen LogP contribution >= 0.6 is 0 Å². The number of hydrogen-bond acceptors (Lipinski definition) is 6. The number of benzene rings is 2. The fourth-order valence-electron chi connectivity index (χ4n) is 2.93. The topological polar surface area (TPSA) is 124 Å². The van der Waals surface area contributed by atoms with Gasteiger partial charge in [0.25, 0.3) is 5.91 Å². The van der Waals surface area contributed by atoms with Crippen molar-refractivity contribution in [3.05, 3.63) is 48.5 Å². The zero-order chi connectivity index (χ0) is 21.2. The maximum atomic E-state index is 12.6. The van der Waals surface area contributed by atoms with Gasteiger partial charge in [-0.25, -0.2) is 8.42 Å². The van der Waals surface area contributed by atoms with Gasteiger partial charge in [-0.2, -0.15) is 0 Å². The largest absolute Gasteiger partial charge is 0.497 e. The van der Waals surface area contributed by atoms with Gasteiger partial charge in [-0.05, 0) is 37.3 Å². The highest BCUT2D eigenvalue weighted by Gasteiger charge is 2.29. The predicted octanol–water partition coefficient (Wildman–Crippen LogP) is 3.35. The molecule has 1 atom stereocenters. The van der Waals surface area contributed by atoms with Gasteiger partial charge in [-0.15, -0.1) is 10.2 Å². The number of sulfonamides is 1. The molecule has 0 unspecified atom stereocenters. The van der Waals surface area contributed by atoms with E-state index in [1.54, 1.807) is 36.4 Å². The number of methoxy groups -OCH3 is 1. The average Bonchev–Trinajstić information content (AvgIpc) is 3.00. The summed E-state index contributed by atoms with van der Waals surface area (Å²) in [6.45, 7) is 1.42. The number of H-pyrrole nitrogens is 1. The number of nitrogens with one attached hydrogen (secondary N) is 1. The zero-order valence-electron chi connectivity index (χ0n) is 16.0. The van der Waals surface area contributed by atoms with Crippen LogP contribution in [0.1, 0.15) is 6.92 Å². The van der Waals surface area contributed by atoms with Gasteiger partial charge in [0.05, 0.1) is 24.6 Å². The number of aromatic hydroxyl groups is 1. The number of aromatic amines is 1. The highest BCUT2D eigenvalue weighted by molar-refractivity contribution is 7.92. The summed E-state index contributed by atoms with van der Waals surface area (Å²) in [6, 6.07) is 12.1. The highest BCUT2D eigenvalue weighted by atomic mass is 32.2. The lowest BCUT2D eigenvalue weighted by molar-refractivity contribution is -0.119. The van der Waals surface area contributed by atoms with Crippen LogP contribution < -0.4 is 9.04 Å². The van der Waals surface area contributed by atoms with Crippen molar-refractivity contribution < 1.29 is 23.1 Å². The quantitative estimate of drug-likeness (QED) is 0.596. The summed E-state index contributed by atoms with van der Waals surface area (Å²) < 4.78 is 30.7. The van der Waals surface area contributed by atoms with Crippen molar-refractivity contribution in [2.45, 2.75) is 13.0 Å². The normalized spacial score (nSPS) is 12.9. The third-order valence-electron chi connectivity index (χ3n) is 4.30. The number of anilines is 1. The van der Waals surface area contributed by atoms with Crippen molar-refractivity contribution in [2.75, 3.05) is 17.7 Å². The molecule has 152 valence electrons. The maximum absolute atomic E-state index is 12.6. The number of carbonyl (C=O) groups is 1. The van der Waals surface area contributed by atoms with E-state index in [0.29, 0.717) is 22.3 Å². The van der Waals surface area contributed by atoms with Crippen LogP contribution in [0, 0.1) is 0 Å². The fourth-order valence-corrected chi connectivity index (χ4v) is 4.10. The molecule has 3 rings (SSSR count). The molecule has 0 fully saturated rings. The van der Waals surface area contributed by atoms with Crippen molar-refractivity contribution in [2.24, 2.45) is 10.2 Å². The van der Waals surface area contributed by atoms with E-state index in [2.05, 4.69) is 15.2 Å². The van der Waals surface area contributed by atoms with Crippen LogP contribution in [0.4, 0.5) is 11.4 Å². The van der Waals surface area contributed by atoms with Crippen molar-refractivity contribution in [3.8, 4) is 11.6 Å². The van der Waals surface area contributed by atoms with Gasteiger partial charge in [0.2, 0.25) is 15.9 Å². The monoisotopic (exact) mass is 416 g/mol. The minimum atomic E-state index is -3.78. The smallest absolute Gasteiger partial charge is 0.287 e. The minimum Gasteiger partial charge on any atom is -0.497 e. The first-order valence-electron chi connectivity index (χ1n) is 8.61. The molecule has 3 aromatic rings. The van der Waals surface area contributed by atoms with E-state index in [9.17, 15) is 18.3 Å². The molecule has 0 aliphatic rings. The van der Waals surface area contributed by atoms with Crippen molar-refractivity contribution in [3.63, 3.8) is 0 Å². The van der Waals surface area contributed by atoms with Gasteiger partial charge in [-0.3, -0.25) is 9.10 Å². The summed E-state index contributed by atoms with van der Waals surface area (Å²) in [7, 11) is -2.29. The van der Waals surface area contributed by atoms with E-state index in [0.717, 1.165) is 10.6 Å². The van der Waals surface area contributed by atoms with Gasteiger partial charge in [0.1, 0.15) is 11.8 Å². The van der Waals surface area contributed by atoms with Gasteiger partial charge in [-0.1, -0.05) is 18.2 Å². The number of ether oxygens (including phenoxy) is 1. The lowest BCUT2D eigenvalue weighted by Crippen LogP contribution is -2.42. The molecule has 10 heteroatoms. The van der Waals surface area contributed by atoms with Gasteiger partial charge < -0.3 is 14.8 Å². The lowest BCUT2D eigenvalue weighted by Gasteiger charge is -2.26. The Hall–Kier alpha value is -3.40. The van der Waals surface area contributed by atoms with E-state index in [1.807, 2.05) is 0 Å². The molecule has 1 aromatic heterocycles. The number of para-hydroxylation sites is 1. The number of nitrogens with zero attached hydrogens (tertiary/aromatic N) is 3. The number of hydrogen-bond donors (Lipinski definition) is 2. The molecule has 1 heterocycles. The Labute approximate surface area is 167 Å². The maximum Gasteiger partial charge on any atom is 0.287 e. The zero-order valence-corrected chi connectivity index (χ0v) is 16.8. The van der Waals surface area contributed by atoms with Crippen LogP contribution in [0.5, 0.6) is 11.6 Å². The van der Waals surface area contributed by atoms with Crippen LogP contribution in [0.25, 0.3) is 10.9 Å². The summed E-state index contributed by atoms with van der Waals surface area (Å²) in [5.41, 5.74) is 1.03. The second-order valence-electron chi connectivity index (χ2n) is 6.34. The van der Waals surface area contributed by atoms with Crippen molar-refractivity contribution in [1.82, 2.24) is 4.98 Å². The molecule has 1 amide bonds. The van der Waals surface area contributed by atoms with Gasteiger partial charge >= 0.3 is 0 Å². The van der Waals surface area contributed by atoms with E-state index < -0.39 is 22.0 Å². The van der Waals surface area contributed by atoms with Crippen molar-refractivity contribution >= 4 is 38.2 Å². The summed E-state index contributed by atoms with van der Waals surface area (Å²) in [5, 5.41) is 18.1. The SMILES string of the molecule is COc1ccc(N([C@H](C)C(=O)N=Nc2c(O)[nH]c3ccccc23)S(C)(=O)=O)cc1. The molecule has 29 heavy (non-hydrogen) atoms. The molecule has 0 bridgehead atoms. The Bertz CT molecular complexity index is 1170. The molecule has 0 aliphatic heterocycles. The number of rotatable bonds is 6. The van der Waals surface area contributed by atoms with E-state index >= 15 is 0 Å². The fraction of sp³-hybridized carbons (Fsp3) is 0.211. The van der Waals surface area contributed by atoms with Crippen LogP contribution in [0.15, 0.2) is 58.8 Å². The average molecular weight is 416 g/mol. The van der Waals surface area contributed by atoms with Crippen LogP contribution in [-0.2, 0) is 14.8 Å². The molecule has 0 spiro atoms. The molecular weight excluding hydrogens is 396 g/mol. The van der Waals surface area contributed by atoms with Crippen LogP contribution in [-0.4, -0.2) is 43.8 Å². The molecule has 2 N–H and O–H groups in total. The Morgan fingerprint density at radius 2 is 1.83 bits per heavy atom. The van der Waals surface area contributed by atoms with Gasteiger partial charge in [0, 0.05) is 5.39 Å². The Balaban J connectivity index is 1.91. The number of amides is 1. The Morgan fingerprint density at radius 3 is 2.45 bits per heavy atom.